The summed E-state index contributed by atoms with van der Waals surface area (Å²) in [4.78, 5) is 29.5. The van der Waals surface area contributed by atoms with Gasteiger partial charge in [0.1, 0.15) is 0 Å². The van der Waals surface area contributed by atoms with Gasteiger partial charge in [0.05, 0.1) is 6.61 Å². The molecule has 0 aliphatic rings. The number of ether oxygens (including phenoxy) is 1. The van der Waals surface area contributed by atoms with Gasteiger partial charge in [-0.25, -0.2) is 0 Å². The van der Waals surface area contributed by atoms with Crippen LogP contribution in [-0.2, 0) is 14.1 Å². The molecule has 1 atom stereocenters. The fraction of sp³-hybridized carbons (Fsp3) is 0.950. The fourth-order valence-electron chi connectivity index (χ4n) is 2.99. The van der Waals surface area contributed by atoms with Crippen LogP contribution in [0.25, 0.3) is 0 Å². The van der Waals surface area contributed by atoms with Crippen molar-refractivity contribution in [3.05, 3.63) is 0 Å². The lowest BCUT2D eigenvalue weighted by Crippen LogP contribution is -2.20. The van der Waals surface area contributed by atoms with E-state index in [0.717, 1.165) is 19.3 Å². The van der Waals surface area contributed by atoms with E-state index < -0.39 is 11.8 Å². The first-order valence-corrected chi connectivity index (χ1v) is 13.2. The molecule has 0 aliphatic carbocycles. The molecule has 0 rings (SSSR count). The largest absolute Gasteiger partial charge is 0.466 e. The number of esters is 1. The van der Waals surface area contributed by atoms with Gasteiger partial charge in [-0.15, -0.1) is 0 Å². The summed E-state index contributed by atoms with van der Waals surface area (Å²) >= 11 is 2.62. The van der Waals surface area contributed by atoms with Crippen molar-refractivity contribution in [3.8, 4) is 0 Å². The molecule has 0 radical (unpaired) electrons. The topological polar surface area (TPSA) is 104 Å². The fourth-order valence-corrected chi connectivity index (χ4v) is 3.72. The lowest BCUT2D eigenvalue weighted by Gasteiger charge is -2.21. The molecule has 0 spiro atoms. The molecule has 0 unspecified atom stereocenters. The van der Waals surface area contributed by atoms with Crippen LogP contribution in [0, 0.1) is 0 Å². The number of alkyl halides is 1. The average Bonchev–Trinajstić information content (AvgIpc) is 2.61. The second-order valence-electron chi connectivity index (χ2n) is 7.58. The molecule has 168 valence electrons. The van der Waals surface area contributed by atoms with Crippen LogP contribution in [0.1, 0.15) is 110 Å². The van der Waals surface area contributed by atoms with E-state index in [1.807, 2.05) is 0 Å². The van der Waals surface area contributed by atoms with Crippen molar-refractivity contribution in [1.29, 1.82) is 0 Å². The number of unbranched alkanes of at least 4 members (excludes halogenated alkanes) is 12. The molecule has 0 aliphatic heterocycles. The zero-order chi connectivity index (χ0) is 21.3. The summed E-state index contributed by atoms with van der Waals surface area (Å²) in [5.41, 5.74) is 0. The number of hydrogen-bond acceptors (Lipinski definition) is 4. The first-order valence-electron chi connectivity index (χ1n) is 10.8. The van der Waals surface area contributed by atoms with Crippen molar-refractivity contribution < 1.29 is 29.0 Å². The van der Waals surface area contributed by atoms with Crippen molar-refractivity contribution >= 4 is 29.5 Å². The van der Waals surface area contributed by atoms with Crippen LogP contribution in [0.3, 0.4) is 0 Å². The Balaban J connectivity index is 3.39. The Kier molecular flexibility index (Phi) is 16.9. The van der Waals surface area contributed by atoms with Crippen molar-refractivity contribution in [1.82, 2.24) is 0 Å². The molecule has 8 heteroatoms. The normalized spacial score (nSPS) is 14.0. The smallest absolute Gasteiger partial charge is 0.367 e. The minimum Gasteiger partial charge on any atom is -0.466 e. The molecular weight excluding hydrogens is 447 g/mol. The van der Waals surface area contributed by atoms with Crippen molar-refractivity contribution in [2.24, 2.45) is 0 Å². The summed E-state index contributed by atoms with van der Waals surface area (Å²) in [6.45, 7) is 2.29. The van der Waals surface area contributed by atoms with Gasteiger partial charge in [0.2, 0.25) is 4.25 Å². The van der Waals surface area contributed by atoms with Crippen LogP contribution >= 0.6 is 23.5 Å². The molecule has 3 N–H and O–H groups in total. The third-order valence-electron chi connectivity index (χ3n) is 4.83. The van der Waals surface area contributed by atoms with Crippen molar-refractivity contribution in [2.75, 3.05) is 6.61 Å². The van der Waals surface area contributed by atoms with Gasteiger partial charge in [-0.3, -0.25) is 9.36 Å². The van der Waals surface area contributed by atoms with Crippen LogP contribution in [-0.4, -0.2) is 31.7 Å². The summed E-state index contributed by atoms with van der Waals surface area (Å²) in [6.07, 6.45) is 16.6. The van der Waals surface area contributed by atoms with Crippen LogP contribution in [0.15, 0.2) is 0 Å². The first kappa shape index (κ1) is 28.1. The van der Waals surface area contributed by atoms with E-state index in [4.69, 9.17) is 14.5 Å². The Bertz CT molecular complexity index is 438. The van der Waals surface area contributed by atoms with E-state index in [2.05, 4.69) is 22.9 Å². The molecule has 0 aromatic carbocycles. The van der Waals surface area contributed by atoms with Crippen LogP contribution < -0.4 is 0 Å². The number of carbonyl (C=O) groups excluding carboxylic acids is 1. The zero-order valence-corrected chi connectivity index (χ0v) is 19.9. The summed E-state index contributed by atoms with van der Waals surface area (Å²) in [5.74, 6) is -0.294. The van der Waals surface area contributed by atoms with Crippen LogP contribution in [0.4, 0.5) is 0 Å². The number of hydrogen-bond donors (Lipinski definition) is 3. The van der Waals surface area contributed by atoms with Gasteiger partial charge >= 0.3 is 13.6 Å². The Morgan fingerprint density at radius 2 is 1.29 bits per heavy atom. The zero-order valence-electron chi connectivity index (χ0n) is 17.4. The number of halogens is 1. The summed E-state index contributed by atoms with van der Waals surface area (Å²) in [7, 11) is -4.64. The molecule has 28 heavy (non-hydrogen) atoms. The lowest BCUT2D eigenvalue weighted by atomic mass is 10.0. The molecule has 0 saturated heterocycles. The highest BCUT2D eigenvalue weighted by atomic mass is 79.9. The molecule has 0 fully saturated rings. The molecule has 0 aromatic heterocycles. The van der Waals surface area contributed by atoms with Gasteiger partial charge in [0.15, 0.2) is 0 Å². The van der Waals surface area contributed by atoms with Gasteiger partial charge in [0, 0.05) is 12.8 Å². The van der Waals surface area contributed by atoms with Gasteiger partial charge in [-0.05, 0) is 28.8 Å². The highest BCUT2D eigenvalue weighted by Gasteiger charge is 2.42. The monoisotopic (exact) mass is 486 g/mol. The van der Waals surface area contributed by atoms with Crippen molar-refractivity contribution in [2.45, 2.75) is 114 Å². The van der Waals surface area contributed by atoms with E-state index in [-0.39, 0.29) is 25.4 Å². The summed E-state index contributed by atoms with van der Waals surface area (Å²) in [6, 6.07) is 0. The second-order valence-corrected chi connectivity index (χ2v) is 11.3. The molecule has 0 aromatic rings. The molecule has 0 heterocycles. The van der Waals surface area contributed by atoms with Crippen molar-refractivity contribution in [3.63, 3.8) is 0 Å². The quantitative estimate of drug-likeness (QED) is 0.0892. The van der Waals surface area contributed by atoms with Gasteiger partial charge in [-0.2, -0.15) is 0 Å². The van der Waals surface area contributed by atoms with Gasteiger partial charge < -0.3 is 19.6 Å². The van der Waals surface area contributed by atoms with Gasteiger partial charge in [-0.1, -0.05) is 84.0 Å². The minimum absolute atomic E-state index is 0.0468. The SMILES string of the molecule is CCCCCCCCCCCCCCCC(=O)OCCC[C@@](O)(Br)P(=O)(O)O. The van der Waals surface area contributed by atoms with Crippen LogP contribution in [0.5, 0.6) is 0 Å². The maximum absolute atomic E-state index is 11.6. The van der Waals surface area contributed by atoms with E-state index in [9.17, 15) is 14.5 Å². The van der Waals surface area contributed by atoms with E-state index in [1.54, 1.807) is 0 Å². The predicted octanol–water partition coefficient (Wildman–Crippen LogP) is 6.01. The molecular formula is C20H40BrO6P. The van der Waals surface area contributed by atoms with E-state index >= 15 is 0 Å². The van der Waals surface area contributed by atoms with E-state index in [1.165, 1.54) is 64.2 Å². The summed E-state index contributed by atoms with van der Waals surface area (Å²) in [5, 5.41) is 9.56. The third kappa shape index (κ3) is 15.9. The Hall–Kier alpha value is 0.0600. The number of carbonyl (C=O) groups is 1. The lowest BCUT2D eigenvalue weighted by molar-refractivity contribution is -0.144. The van der Waals surface area contributed by atoms with E-state index in [0.29, 0.717) is 6.42 Å². The second kappa shape index (κ2) is 16.8. The van der Waals surface area contributed by atoms with Crippen LogP contribution in [0.2, 0.25) is 0 Å². The number of rotatable bonds is 19. The predicted molar refractivity (Wildman–Crippen MR) is 116 cm³/mol. The Morgan fingerprint density at radius 1 is 0.857 bits per heavy atom. The highest BCUT2D eigenvalue weighted by Crippen LogP contribution is 2.55. The maximum Gasteiger partial charge on any atom is 0.367 e. The molecule has 0 amide bonds. The highest BCUT2D eigenvalue weighted by molar-refractivity contribution is 9.11. The first-order chi connectivity index (χ1) is 13.2. The minimum atomic E-state index is -4.64. The Morgan fingerprint density at radius 3 is 1.71 bits per heavy atom. The summed E-state index contributed by atoms with van der Waals surface area (Å²) < 4.78 is 13.8. The third-order valence-corrected chi connectivity index (χ3v) is 7.73. The molecule has 6 nitrogen and oxygen atoms in total. The number of aliphatic hydroxyl groups is 1. The molecule has 0 bridgehead atoms. The Labute approximate surface area is 179 Å². The average molecular weight is 487 g/mol. The maximum atomic E-state index is 11.6. The molecule has 0 saturated carbocycles. The standard InChI is InChI=1S/C20H40BrO6P/c1-2-3-4-5-6-7-8-9-10-11-12-13-14-16-19(22)27-18-15-17-20(21,23)28(24,25)26/h23H,2-18H2,1H3,(H2,24,25,26)/t20-/m0/s1. The van der Waals surface area contributed by atoms with Gasteiger partial charge in [0.25, 0.3) is 0 Å².